The Balaban J connectivity index is 2.34. The molecule has 5 nitrogen and oxygen atoms in total. The van der Waals surface area contributed by atoms with E-state index in [0.29, 0.717) is 11.5 Å². The zero-order valence-electron chi connectivity index (χ0n) is 15.1. The summed E-state index contributed by atoms with van der Waals surface area (Å²) < 4.78 is 11.5. The molecular formula is C20H20BrNO4. The second kappa shape index (κ2) is 7.03. The third kappa shape index (κ3) is 3.05. The maximum atomic E-state index is 11.5. The summed E-state index contributed by atoms with van der Waals surface area (Å²) in [5.41, 5.74) is 5.56. The van der Waals surface area contributed by atoms with Crippen molar-refractivity contribution < 1.29 is 19.4 Å². The Kier molecular flexibility index (Phi) is 4.96. The molecule has 0 atom stereocenters. The Morgan fingerprint density at radius 3 is 2.42 bits per heavy atom. The molecule has 0 aliphatic heterocycles. The summed E-state index contributed by atoms with van der Waals surface area (Å²) >= 11 is 3.58. The van der Waals surface area contributed by atoms with Gasteiger partial charge in [-0.1, -0.05) is 12.1 Å². The lowest BCUT2D eigenvalue weighted by molar-refractivity contribution is -0.136. The van der Waals surface area contributed by atoms with Gasteiger partial charge in [0.15, 0.2) is 11.5 Å². The molecule has 3 aromatic rings. The summed E-state index contributed by atoms with van der Waals surface area (Å²) in [5.74, 6) is 0.312. The molecule has 0 aliphatic carbocycles. The van der Waals surface area contributed by atoms with Crippen molar-refractivity contribution >= 4 is 32.8 Å². The van der Waals surface area contributed by atoms with E-state index < -0.39 is 5.97 Å². The molecule has 1 heterocycles. The van der Waals surface area contributed by atoms with Crippen LogP contribution in [-0.2, 0) is 11.2 Å². The fourth-order valence-electron chi connectivity index (χ4n) is 3.17. The number of aliphatic carboxylic acids is 1. The van der Waals surface area contributed by atoms with Gasteiger partial charge in [0.1, 0.15) is 0 Å². The molecule has 6 heteroatoms. The molecule has 0 bridgehead atoms. The Hall–Kier alpha value is -2.47. The average Bonchev–Trinajstić information content (AvgIpc) is 2.96. The molecule has 0 unspecified atom stereocenters. The van der Waals surface area contributed by atoms with Gasteiger partial charge in [-0.25, -0.2) is 0 Å². The largest absolute Gasteiger partial charge is 0.493 e. The van der Waals surface area contributed by atoms with Crippen molar-refractivity contribution in [3.8, 4) is 22.8 Å². The van der Waals surface area contributed by atoms with E-state index in [9.17, 15) is 9.90 Å². The fourth-order valence-corrected chi connectivity index (χ4v) is 3.69. The van der Waals surface area contributed by atoms with Gasteiger partial charge in [0.2, 0.25) is 0 Å². The van der Waals surface area contributed by atoms with E-state index in [4.69, 9.17) is 9.47 Å². The monoisotopic (exact) mass is 417 g/mol. The lowest BCUT2D eigenvalue weighted by Crippen LogP contribution is -2.01. The number of rotatable bonds is 5. The first-order valence-corrected chi connectivity index (χ1v) is 8.91. The Morgan fingerprint density at radius 1 is 1.15 bits per heavy atom. The number of methoxy groups -OCH3 is 2. The minimum Gasteiger partial charge on any atom is -0.493 e. The molecule has 0 saturated carbocycles. The molecule has 0 aliphatic rings. The zero-order valence-corrected chi connectivity index (χ0v) is 16.7. The van der Waals surface area contributed by atoms with Gasteiger partial charge in [-0.3, -0.25) is 4.79 Å². The van der Waals surface area contributed by atoms with Crippen LogP contribution in [0.2, 0.25) is 0 Å². The number of H-pyrrole nitrogens is 1. The summed E-state index contributed by atoms with van der Waals surface area (Å²) in [6, 6.07) is 7.67. The van der Waals surface area contributed by atoms with E-state index in [1.54, 1.807) is 14.2 Å². The van der Waals surface area contributed by atoms with E-state index in [-0.39, 0.29) is 6.42 Å². The molecule has 3 rings (SSSR count). The molecule has 0 amide bonds. The SMILES string of the molecule is COc1cc(Br)c(-c2[nH]c3c(C)c(C)ccc3c2CC(=O)O)cc1OC. The number of carboxylic acid groups (broad SMARTS) is 1. The summed E-state index contributed by atoms with van der Waals surface area (Å²) in [6.07, 6.45) is -0.0708. The third-order valence-electron chi connectivity index (χ3n) is 4.68. The van der Waals surface area contributed by atoms with Crippen LogP contribution in [-0.4, -0.2) is 30.3 Å². The van der Waals surface area contributed by atoms with E-state index in [1.165, 1.54) is 0 Å². The van der Waals surface area contributed by atoms with Crippen molar-refractivity contribution in [2.45, 2.75) is 20.3 Å². The maximum absolute atomic E-state index is 11.5. The Bertz CT molecular complexity index is 1010. The number of hydrogen-bond donors (Lipinski definition) is 2. The lowest BCUT2D eigenvalue weighted by atomic mass is 10.00. The van der Waals surface area contributed by atoms with Crippen molar-refractivity contribution in [3.63, 3.8) is 0 Å². The van der Waals surface area contributed by atoms with Gasteiger partial charge in [-0.2, -0.15) is 0 Å². The van der Waals surface area contributed by atoms with E-state index >= 15 is 0 Å². The summed E-state index contributed by atoms with van der Waals surface area (Å²) in [4.78, 5) is 14.9. The summed E-state index contributed by atoms with van der Waals surface area (Å²) in [6.45, 7) is 4.07. The molecular weight excluding hydrogens is 398 g/mol. The van der Waals surface area contributed by atoms with Crippen molar-refractivity contribution in [1.29, 1.82) is 0 Å². The first-order chi connectivity index (χ1) is 12.4. The number of benzene rings is 2. The van der Waals surface area contributed by atoms with Gasteiger partial charge < -0.3 is 19.6 Å². The van der Waals surface area contributed by atoms with Crippen LogP contribution in [0, 0.1) is 13.8 Å². The molecule has 0 spiro atoms. The second-order valence-corrected chi connectivity index (χ2v) is 7.02. The topological polar surface area (TPSA) is 71.6 Å². The van der Waals surface area contributed by atoms with Crippen molar-refractivity contribution in [2.24, 2.45) is 0 Å². The molecule has 0 saturated heterocycles. The van der Waals surface area contributed by atoms with Crippen LogP contribution in [0.1, 0.15) is 16.7 Å². The highest BCUT2D eigenvalue weighted by atomic mass is 79.9. The van der Waals surface area contributed by atoms with Gasteiger partial charge in [0.25, 0.3) is 0 Å². The number of nitrogens with one attached hydrogen (secondary N) is 1. The van der Waals surface area contributed by atoms with Gasteiger partial charge in [0.05, 0.1) is 26.3 Å². The quantitative estimate of drug-likeness (QED) is 0.621. The Labute approximate surface area is 160 Å². The van der Waals surface area contributed by atoms with Crippen LogP contribution in [0.25, 0.3) is 22.2 Å². The number of ether oxygens (including phenoxy) is 2. The molecule has 0 fully saturated rings. The fraction of sp³-hybridized carbons (Fsp3) is 0.250. The highest BCUT2D eigenvalue weighted by Crippen LogP contribution is 2.41. The van der Waals surface area contributed by atoms with Crippen LogP contribution >= 0.6 is 15.9 Å². The number of carboxylic acids is 1. The molecule has 136 valence electrons. The molecule has 2 N–H and O–H groups in total. The number of fused-ring (bicyclic) bond motifs is 1. The molecule has 26 heavy (non-hydrogen) atoms. The maximum Gasteiger partial charge on any atom is 0.307 e. The second-order valence-electron chi connectivity index (χ2n) is 6.17. The van der Waals surface area contributed by atoms with E-state index in [0.717, 1.165) is 43.3 Å². The average molecular weight is 418 g/mol. The summed E-state index contributed by atoms with van der Waals surface area (Å²) in [5, 5.41) is 10.3. The van der Waals surface area contributed by atoms with Crippen molar-refractivity contribution in [2.75, 3.05) is 14.2 Å². The molecule has 1 aromatic heterocycles. The predicted molar refractivity (Wildman–Crippen MR) is 105 cm³/mol. The standard InChI is InChI=1S/C20H20BrNO4/c1-10-5-6-12-13(8-18(23)24)20(22-19(12)11(10)2)14-7-16(25-3)17(26-4)9-15(14)21/h5-7,9,22H,8H2,1-4H3,(H,23,24). The van der Waals surface area contributed by atoms with Crippen LogP contribution in [0.15, 0.2) is 28.7 Å². The smallest absolute Gasteiger partial charge is 0.307 e. The van der Waals surface area contributed by atoms with Crippen LogP contribution < -0.4 is 9.47 Å². The summed E-state index contributed by atoms with van der Waals surface area (Å²) in [7, 11) is 3.15. The highest BCUT2D eigenvalue weighted by molar-refractivity contribution is 9.10. The van der Waals surface area contributed by atoms with Crippen LogP contribution in [0.4, 0.5) is 0 Å². The first kappa shape index (κ1) is 18.3. The zero-order chi connectivity index (χ0) is 19.0. The Morgan fingerprint density at radius 2 is 1.81 bits per heavy atom. The first-order valence-electron chi connectivity index (χ1n) is 8.11. The number of carbonyl (C=O) groups is 1. The van der Waals surface area contributed by atoms with Gasteiger partial charge in [-0.15, -0.1) is 0 Å². The van der Waals surface area contributed by atoms with Gasteiger partial charge >= 0.3 is 5.97 Å². The van der Waals surface area contributed by atoms with Gasteiger partial charge in [-0.05, 0) is 58.6 Å². The van der Waals surface area contributed by atoms with Crippen molar-refractivity contribution in [1.82, 2.24) is 4.98 Å². The number of aromatic nitrogens is 1. The number of aryl methyl sites for hydroxylation is 2. The van der Waals surface area contributed by atoms with Crippen LogP contribution in [0.3, 0.4) is 0 Å². The minimum absolute atomic E-state index is 0.0708. The van der Waals surface area contributed by atoms with Crippen LogP contribution in [0.5, 0.6) is 11.5 Å². The predicted octanol–water partition coefficient (Wildman–Crippen LogP) is 4.86. The lowest BCUT2D eigenvalue weighted by Gasteiger charge is -2.12. The third-order valence-corrected chi connectivity index (χ3v) is 5.34. The van der Waals surface area contributed by atoms with Gasteiger partial charge in [0, 0.05) is 20.9 Å². The number of aromatic amines is 1. The van der Waals surface area contributed by atoms with E-state index in [1.807, 2.05) is 38.1 Å². The minimum atomic E-state index is -0.873. The number of halogens is 1. The number of hydrogen-bond acceptors (Lipinski definition) is 3. The normalized spacial score (nSPS) is 11.0. The van der Waals surface area contributed by atoms with E-state index in [2.05, 4.69) is 20.9 Å². The highest BCUT2D eigenvalue weighted by Gasteiger charge is 2.21. The molecule has 0 radical (unpaired) electrons. The van der Waals surface area contributed by atoms with Crippen molar-refractivity contribution in [3.05, 3.63) is 45.4 Å². The molecule has 2 aromatic carbocycles.